The summed E-state index contributed by atoms with van der Waals surface area (Å²) in [5.41, 5.74) is 3.36. The van der Waals surface area contributed by atoms with Gasteiger partial charge in [0.25, 0.3) is 0 Å². The second-order valence-corrected chi connectivity index (χ2v) is 15.4. The highest BCUT2D eigenvalue weighted by Gasteiger charge is 2.75. The van der Waals surface area contributed by atoms with E-state index in [0.29, 0.717) is 12.8 Å². The molecule has 0 spiro atoms. The molecule has 6 atom stereocenters. The maximum atomic E-state index is 10.3. The minimum absolute atomic E-state index is 0.0969. The van der Waals surface area contributed by atoms with Crippen molar-refractivity contribution in [1.82, 2.24) is 0 Å². The van der Waals surface area contributed by atoms with E-state index in [2.05, 4.69) is 154 Å². The number of hydrogen-bond acceptors (Lipinski definition) is 4. The Hall–Kier alpha value is -2.50. The van der Waals surface area contributed by atoms with Crippen LogP contribution in [-0.4, -0.2) is 44.8 Å². The molecule has 0 amide bonds. The third-order valence-electron chi connectivity index (χ3n) is 10.4. The van der Waals surface area contributed by atoms with Crippen LogP contribution in [0.5, 0.6) is 0 Å². The number of fused-ring (bicyclic) bond motifs is 2. The maximum absolute atomic E-state index is 10.3. The van der Waals surface area contributed by atoms with Crippen LogP contribution in [0.15, 0.2) is 107 Å². The Morgan fingerprint density at radius 1 is 0.500 bits per heavy atom. The Morgan fingerprint density at radius 3 is 1.16 bits per heavy atom. The summed E-state index contributed by atoms with van der Waals surface area (Å²) in [5, 5.41) is 20.5. The molecule has 2 heterocycles. The van der Waals surface area contributed by atoms with Crippen LogP contribution in [0.2, 0.25) is 0 Å². The summed E-state index contributed by atoms with van der Waals surface area (Å²) in [5.74, 6) is 0. The van der Waals surface area contributed by atoms with Gasteiger partial charge in [0.2, 0.25) is 0 Å². The van der Waals surface area contributed by atoms with Gasteiger partial charge in [-0.25, -0.2) is 0 Å². The average molecular weight is 601 g/mol. The Bertz CT molecular complexity index is 1270. The van der Waals surface area contributed by atoms with Crippen LogP contribution in [0.25, 0.3) is 0 Å². The van der Waals surface area contributed by atoms with Gasteiger partial charge in [-0.2, -0.15) is 0 Å². The van der Waals surface area contributed by atoms with Gasteiger partial charge in [-0.05, 0) is 66.5 Å². The predicted octanol–water partition coefficient (Wildman–Crippen LogP) is 8.97. The molecule has 240 valence electrons. The molecule has 4 aliphatic rings. The minimum Gasteiger partial charge on any atom is -0.393 e. The summed E-state index contributed by atoms with van der Waals surface area (Å²) in [7, 11) is 0. The molecule has 0 radical (unpaired) electrons. The zero-order valence-corrected chi connectivity index (χ0v) is 28.8. The molecular formula is C40H56O4. The van der Waals surface area contributed by atoms with Gasteiger partial charge in [-0.15, -0.1) is 0 Å². The molecular weight excluding hydrogens is 544 g/mol. The zero-order valence-electron chi connectivity index (χ0n) is 28.8. The second-order valence-electron chi connectivity index (χ2n) is 15.4. The Labute approximate surface area is 267 Å². The highest BCUT2D eigenvalue weighted by molar-refractivity contribution is 5.38. The average Bonchev–Trinajstić information content (AvgIpc) is 3.73. The molecule has 0 unspecified atom stereocenters. The number of ether oxygens (including phenoxy) is 2. The van der Waals surface area contributed by atoms with Gasteiger partial charge in [-0.1, -0.05) is 123 Å². The first-order valence-corrected chi connectivity index (χ1v) is 16.3. The standard InChI is InChI=1S/C40H56O4/c1-29(17-13-19-31(3)21-23-39-35(5,6)25-33(41)27-37(39,9)43-39)15-11-12-16-30(2)18-14-20-32(4)22-24-40-36(7,8)26-34(42)28-38(40,10)44-40/h11-24,33-34,41-42H,25-28H2,1-10H3/b12-11+,17-13+,18-14+,23-21-,24-22-,29-15+,30-16+,31-19-,32-20-/t33-,34-,37+,38+,39-,40-/m1/s1. The molecule has 0 aromatic heterocycles. The van der Waals surface area contributed by atoms with Crippen molar-refractivity contribution in [3.8, 4) is 0 Å². The third-order valence-corrected chi connectivity index (χ3v) is 10.4. The van der Waals surface area contributed by atoms with Crippen molar-refractivity contribution in [2.75, 3.05) is 0 Å². The van der Waals surface area contributed by atoms with Crippen molar-refractivity contribution in [2.45, 2.75) is 130 Å². The molecule has 2 aliphatic carbocycles. The lowest BCUT2D eigenvalue weighted by Crippen LogP contribution is -2.46. The first kappa shape index (κ1) is 34.4. The van der Waals surface area contributed by atoms with Gasteiger partial charge in [0.1, 0.15) is 22.4 Å². The Morgan fingerprint density at radius 2 is 0.818 bits per heavy atom. The normalized spacial score (nSPS) is 39.2. The van der Waals surface area contributed by atoms with Crippen LogP contribution in [0, 0.1) is 10.8 Å². The number of allylic oxidation sites excluding steroid dienone is 16. The fourth-order valence-corrected chi connectivity index (χ4v) is 7.99. The fourth-order valence-electron chi connectivity index (χ4n) is 7.99. The van der Waals surface area contributed by atoms with Crippen molar-refractivity contribution in [3.05, 3.63) is 107 Å². The van der Waals surface area contributed by atoms with E-state index in [-0.39, 0.29) is 45.4 Å². The van der Waals surface area contributed by atoms with E-state index in [4.69, 9.17) is 9.47 Å². The van der Waals surface area contributed by atoms with Crippen molar-refractivity contribution in [3.63, 3.8) is 0 Å². The largest absolute Gasteiger partial charge is 0.393 e. The highest BCUT2D eigenvalue weighted by Crippen LogP contribution is 2.67. The van der Waals surface area contributed by atoms with Crippen molar-refractivity contribution in [2.24, 2.45) is 10.8 Å². The summed E-state index contributed by atoms with van der Waals surface area (Å²) < 4.78 is 12.5. The molecule has 2 N–H and O–H groups in total. The fraction of sp³-hybridized carbons (Fsp3) is 0.550. The van der Waals surface area contributed by atoms with Gasteiger partial charge in [0.05, 0.1) is 12.2 Å². The molecule has 4 rings (SSSR count). The van der Waals surface area contributed by atoms with Crippen LogP contribution in [0.4, 0.5) is 0 Å². The molecule has 4 nitrogen and oxygen atoms in total. The summed E-state index contributed by atoms with van der Waals surface area (Å²) in [6, 6.07) is 0. The molecule has 0 aromatic rings. The van der Waals surface area contributed by atoms with Crippen molar-refractivity contribution < 1.29 is 19.7 Å². The van der Waals surface area contributed by atoms with Crippen LogP contribution in [-0.2, 0) is 9.47 Å². The van der Waals surface area contributed by atoms with Gasteiger partial charge in [-0.3, -0.25) is 0 Å². The zero-order chi connectivity index (χ0) is 32.6. The molecule has 2 saturated heterocycles. The maximum Gasteiger partial charge on any atom is 0.121 e. The van der Waals surface area contributed by atoms with Crippen LogP contribution >= 0.6 is 0 Å². The lowest BCUT2D eigenvalue weighted by Gasteiger charge is -2.39. The Balaban J connectivity index is 1.25. The lowest BCUT2D eigenvalue weighted by atomic mass is 9.63. The number of rotatable bonds is 10. The Kier molecular flexibility index (Phi) is 9.66. The first-order valence-electron chi connectivity index (χ1n) is 16.3. The van der Waals surface area contributed by atoms with Gasteiger partial charge < -0.3 is 19.7 Å². The quantitative estimate of drug-likeness (QED) is 0.194. The third kappa shape index (κ3) is 6.84. The van der Waals surface area contributed by atoms with Crippen LogP contribution in [0.3, 0.4) is 0 Å². The van der Waals surface area contributed by atoms with Crippen LogP contribution in [0.1, 0.15) is 94.9 Å². The molecule has 44 heavy (non-hydrogen) atoms. The minimum atomic E-state index is -0.294. The molecule has 0 aromatic carbocycles. The first-order chi connectivity index (χ1) is 20.4. The molecule has 0 bridgehead atoms. The van der Waals surface area contributed by atoms with E-state index in [1.54, 1.807) is 0 Å². The number of hydrogen-bond donors (Lipinski definition) is 2. The summed E-state index contributed by atoms with van der Waals surface area (Å²) in [6.07, 6.45) is 32.0. The van der Waals surface area contributed by atoms with Crippen LogP contribution < -0.4 is 0 Å². The van der Waals surface area contributed by atoms with Crippen molar-refractivity contribution >= 4 is 0 Å². The number of aliphatic hydroxyl groups excluding tert-OH is 2. The van der Waals surface area contributed by atoms with E-state index >= 15 is 0 Å². The van der Waals surface area contributed by atoms with Gasteiger partial charge in [0.15, 0.2) is 0 Å². The lowest BCUT2D eigenvalue weighted by molar-refractivity contribution is 0.0510. The SMILES string of the molecule is CC(/C=C\[C@]12O[C@@]1(C)C[C@H](O)CC2(C)C)=C/C=C/C(C)=C/C=C/C=C(C)/C=C/C=C(C)\C=C/[C@]12O[C@@]1(C)C[C@H](O)CC2(C)C. The monoisotopic (exact) mass is 600 g/mol. The van der Waals surface area contributed by atoms with E-state index in [1.807, 2.05) is 0 Å². The molecule has 4 fully saturated rings. The molecule has 4 heteroatoms. The van der Waals surface area contributed by atoms with Crippen molar-refractivity contribution in [1.29, 1.82) is 0 Å². The predicted molar refractivity (Wildman–Crippen MR) is 183 cm³/mol. The molecule has 2 aliphatic heterocycles. The number of aliphatic hydroxyl groups is 2. The summed E-state index contributed by atoms with van der Waals surface area (Å²) in [4.78, 5) is 0. The van der Waals surface area contributed by atoms with E-state index < -0.39 is 0 Å². The number of epoxide rings is 2. The second kappa shape index (κ2) is 12.4. The highest BCUT2D eigenvalue weighted by atomic mass is 16.6. The van der Waals surface area contributed by atoms with E-state index in [1.165, 1.54) is 22.3 Å². The summed E-state index contributed by atoms with van der Waals surface area (Å²) >= 11 is 0. The molecule has 2 saturated carbocycles. The van der Waals surface area contributed by atoms with E-state index in [9.17, 15) is 10.2 Å². The summed E-state index contributed by atoms with van der Waals surface area (Å²) in [6.45, 7) is 21.4. The smallest absolute Gasteiger partial charge is 0.121 e. The van der Waals surface area contributed by atoms with Gasteiger partial charge >= 0.3 is 0 Å². The topological polar surface area (TPSA) is 65.5 Å². The van der Waals surface area contributed by atoms with Gasteiger partial charge in [0, 0.05) is 23.7 Å². The van der Waals surface area contributed by atoms with E-state index in [0.717, 1.165) is 12.8 Å².